The van der Waals surface area contributed by atoms with Gasteiger partial charge in [-0.3, -0.25) is 19.2 Å². The minimum Gasteiger partial charge on any atom is -0.480 e. The summed E-state index contributed by atoms with van der Waals surface area (Å²) in [7, 11) is 0. The molecule has 0 bridgehead atoms. The van der Waals surface area contributed by atoms with E-state index in [2.05, 4.69) is 52.7 Å². The van der Waals surface area contributed by atoms with E-state index >= 15 is 0 Å². The number of carboxylic acids is 1. The lowest BCUT2D eigenvalue weighted by Crippen LogP contribution is -2.57. The molecular weight excluding hydrogens is 618 g/mol. The van der Waals surface area contributed by atoms with Crippen LogP contribution in [0.2, 0.25) is 0 Å². The summed E-state index contributed by atoms with van der Waals surface area (Å²) in [5.41, 5.74) is 5.05. The van der Waals surface area contributed by atoms with Gasteiger partial charge in [0.1, 0.15) is 18.1 Å². The van der Waals surface area contributed by atoms with Gasteiger partial charge >= 0.3 is 12.0 Å². The molecule has 9 N–H and O–H groups in total. The van der Waals surface area contributed by atoms with Crippen LogP contribution in [0.4, 0.5) is 4.79 Å². The Morgan fingerprint density at radius 1 is 0.792 bits per heavy atom. The topological polar surface area (TPSA) is 221 Å². The molecular formula is C34H63N7O7. The Kier molecular flexibility index (Phi) is 17.9. The second-order valence-corrected chi connectivity index (χ2v) is 15.6. The van der Waals surface area contributed by atoms with E-state index in [1.165, 1.54) is 0 Å². The van der Waals surface area contributed by atoms with Crippen LogP contribution in [0.5, 0.6) is 0 Å². The first-order valence-electron chi connectivity index (χ1n) is 17.4. The first-order valence-corrected chi connectivity index (χ1v) is 17.4. The Balaban J connectivity index is 2.75. The molecule has 0 aromatic heterocycles. The van der Waals surface area contributed by atoms with Crippen molar-refractivity contribution in [2.75, 3.05) is 13.1 Å². The molecule has 5 atom stereocenters. The summed E-state index contributed by atoms with van der Waals surface area (Å²) in [5.74, 6) is -3.09. The number of unbranched alkanes of at least 4 members (excludes halogenated alkanes) is 1. The summed E-state index contributed by atoms with van der Waals surface area (Å²) < 4.78 is 0. The van der Waals surface area contributed by atoms with E-state index in [9.17, 15) is 33.9 Å². The van der Waals surface area contributed by atoms with Crippen molar-refractivity contribution in [1.82, 2.24) is 31.9 Å². The second-order valence-electron chi connectivity index (χ2n) is 15.6. The largest absolute Gasteiger partial charge is 0.480 e. The number of hydrogen-bond donors (Lipinski definition) is 8. The number of aliphatic carboxylic acids is 1. The minimum absolute atomic E-state index is 0.00537. The average molecular weight is 682 g/mol. The number of urea groups is 1. The quantitative estimate of drug-likeness (QED) is 0.0889. The average Bonchev–Trinajstić information content (AvgIpc) is 3.41. The van der Waals surface area contributed by atoms with Crippen LogP contribution in [0.25, 0.3) is 0 Å². The zero-order valence-corrected chi connectivity index (χ0v) is 30.4. The summed E-state index contributed by atoms with van der Waals surface area (Å²) in [4.78, 5) is 75.1. The number of carbonyl (C=O) groups excluding carboxylic acids is 5. The maximum Gasteiger partial charge on any atom is 0.326 e. The van der Waals surface area contributed by atoms with E-state index in [-0.39, 0.29) is 66.8 Å². The number of amides is 6. The normalized spacial score (nSPS) is 18.4. The smallest absolute Gasteiger partial charge is 0.326 e. The van der Waals surface area contributed by atoms with Crippen LogP contribution >= 0.6 is 0 Å². The number of primary amides is 1. The van der Waals surface area contributed by atoms with E-state index in [4.69, 9.17) is 5.73 Å². The van der Waals surface area contributed by atoms with E-state index in [0.29, 0.717) is 31.8 Å². The molecule has 0 aromatic rings. The third-order valence-electron chi connectivity index (χ3n) is 8.24. The molecule has 14 nitrogen and oxygen atoms in total. The van der Waals surface area contributed by atoms with Crippen molar-refractivity contribution in [1.29, 1.82) is 0 Å². The molecule has 276 valence electrons. The summed E-state index contributed by atoms with van der Waals surface area (Å²) in [6.07, 6.45) is 4.88. The monoisotopic (exact) mass is 681 g/mol. The molecule has 14 heteroatoms. The predicted octanol–water partition coefficient (Wildman–Crippen LogP) is 2.30. The van der Waals surface area contributed by atoms with Crippen molar-refractivity contribution in [3.63, 3.8) is 0 Å². The third kappa shape index (κ3) is 18.2. The molecule has 1 saturated carbocycles. The van der Waals surface area contributed by atoms with Gasteiger partial charge in [-0.15, -0.1) is 0 Å². The van der Waals surface area contributed by atoms with Crippen molar-refractivity contribution in [3.8, 4) is 0 Å². The Morgan fingerprint density at radius 3 is 1.96 bits per heavy atom. The van der Waals surface area contributed by atoms with Gasteiger partial charge in [0.2, 0.25) is 23.6 Å². The molecule has 0 saturated heterocycles. The van der Waals surface area contributed by atoms with Gasteiger partial charge in [-0.1, -0.05) is 34.6 Å². The van der Waals surface area contributed by atoms with Crippen molar-refractivity contribution < 1.29 is 33.9 Å². The molecule has 0 aromatic carbocycles. The Labute approximate surface area is 286 Å². The first kappa shape index (κ1) is 42.6. The lowest BCUT2D eigenvalue weighted by atomic mass is 9.90. The number of nitrogens with two attached hydrogens (primary N) is 1. The van der Waals surface area contributed by atoms with Crippen molar-refractivity contribution in [3.05, 3.63) is 0 Å². The standard InChI is InChI=1S/C34H63N7O7/c1-21(2)27(40-26(42)16-17-33(3,4)5)30(45)38-24(13-11-19-37-32(35)48)29(44)39-25(31(46)47)12-9-10-18-36-28(43)22-14-15-23(20-22)41-34(6,7)8/h21-25,27,41H,9-20H2,1-8H3,(H,36,43)(H,38,45)(H,39,44)(H,40,42)(H,46,47)(H3,35,37,48)/t22-,23+,24+,25+,27+/m1/s1. The Bertz CT molecular complexity index is 1080. The van der Waals surface area contributed by atoms with Gasteiger partial charge in [-0.2, -0.15) is 0 Å². The predicted molar refractivity (Wildman–Crippen MR) is 185 cm³/mol. The molecule has 1 aliphatic rings. The molecule has 0 aliphatic heterocycles. The van der Waals surface area contributed by atoms with Crippen LogP contribution in [-0.2, 0) is 24.0 Å². The molecule has 0 heterocycles. The van der Waals surface area contributed by atoms with Crippen molar-refractivity contribution in [2.24, 2.45) is 23.0 Å². The van der Waals surface area contributed by atoms with Crippen LogP contribution in [0.15, 0.2) is 0 Å². The van der Waals surface area contributed by atoms with Crippen LogP contribution in [0, 0.1) is 17.3 Å². The summed E-state index contributed by atoms with van der Waals surface area (Å²) >= 11 is 0. The highest BCUT2D eigenvalue weighted by atomic mass is 16.4. The van der Waals surface area contributed by atoms with E-state index in [0.717, 1.165) is 19.3 Å². The molecule has 1 aliphatic carbocycles. The molecule has 0 radical (unpaired) electrons. The summed E-state index contributed by atoms with van der Waals surface area (Å²) in [5, 5.41) is 26.8. The first-order chi connectivity index (χ1) is 22.2. The zero-order chi connectivity index (χ0) is 36.7. The summed E-state index contributed by atoms with van der Waals surface area (Å²) in [6, 6.07) is -3.67. The molecule has 1 fully saturated rings. The highest BCUT2D eigenvalue weighted by Gasteiger charge is 2.32. The zero-order valence-electron chi connectivity index (χ0n) is 30.4. The maximum absolute atomic E-state index is 13.3. The highest BCUT2D eigenvalue weighted by molar-refractivity contribution is 5.93. The number of carboxylic acid groups (broad SMARTS) is 1. The Hall–Kier alpha value is -3.42. The van der Waals surface area contributed by atoms with Crippen LogP contribution in [-0.4, -0.2) is 83.5 Å². The number of carbonyl (C=O) groups is 6. The third-order valence-corrected chi connectivity index (χ3v) is 8.24. The van der Waals surface area contributed by atoms with E-state index in [1.807, 2.05) is 20.8 Å². The van der Waals surface area contributed by atoms with E-state index < -0.39 is 41.9 Å². The number of rotatable bonds is 20. The van der Waals surface area contributed by atoms with Crippen LogP contribution in [0.1, 0.15) is 120 Å². The number of hydrogen-bond acceptors (Lipinski definition) is 7. The lowest BCUT2D eigenvalue weighted by Gasteiger charge is -2.27. The van der Waals surface area contributed by atoms with Gasteiger partial charge in [-0.25, -0.2) is 9.59 Å². The fraction of sp³-hybridized carbons (Fsp3) is 0.824. The fourth-order valence-corrected chi connectivity index (χ4v) is 5.64. The van der Waals surface area contributed by atoms with Gasteiger partial charge in [0.05, 0.1) is 0 Å². The van der Waals surface area contributed by atoms with E-state index in [1.54, 1.807) is 13.8 Å². The lowest BCUT2D eigenvalue weighted by molar-refractivity contribution is -0.142. The molecule has 6 amide bonds. The van der Waals surface area contributed by atoms with Gasteiger partial charge in [0, 0.05) is 37.0 Å². The molecule has 1 rings (SSSR count). The minimum atomic E-state index is -1.22. The van der Waals surface area contributed by atoms with Gasteiger partial charge in [-0.05, 0) is 89.9 Å². The Morgan fingerprint density at radius 2 is 1.40 bits per heavy atom. The van der Waals surface area contributed by atoms with Crippen molar-refractivity contribution in [2.45, 2.75) is 149 Å². The molecule has 48 heavy (non-hydrogen) atoms. The molecule has 0 unspecified atom stereocenters. The van der Waals surface area contributed by atoms with Crippen LogP contribution < -0.4 is 37.6 Å². The summed E-state index contributed by atoms with van der Waals surface area (Å²) in [6.45, 7) is 16.5. The second kappa shape index (κ2) is 20.2. The molecule has 0 spiro atoms. The highest BCUT2D eigenvalue weighted by Crippen LogP contribution is 2.27. The SMILES string of the molecule is CC(C)[C@H](NC(=O)CCC(C)(C)C)C(=O)N[C@@H](CCCNC(N)=O)C(=O)N[C@@H](CCCCNC(=O)[C@@H]1CC[C@H](NC(C)(C)C)C1)C(=O)O. The maximum atomic E-state index is 13.3. The number of nitrogens with one attached hydrogen (secondary N) is 6. The van der Waals surface area contributed by atoms with Gasteiger partial charge in [0.25, 0.3) is 0 Å². The van der Waals surface area contributed by atoms with Crippen molar-refractivity contribution >= 4 is 35.6 Å². The van der Waals surface area contributed by atoms with Gasteiger partial charge < -0.3 is 42.7 Å². The fourth-order valence-electron chi connectivity index (χ4n) is 5.64. The van der Waals surface area contributed by atoms with Crippen LogP contribution in [0.3, 0.4) is 0 Å². The van der Waals surface area contributed by atoms with Gasteiger partial charge in [0.15, 0.2) is 0 Å².